The van der Waals surface area contributed by atoms with Gasteiger partial charge in [0, 0.05) is 21.5 Å². The summed E-state index contributed by atoms with van der Waals surface area (Å²) < 4.78 is -0.778. The maximum atomic E-state index is 14.4. The second-order valence-electron chi connectivity index (χ2n) is 11.5. The van der Waals surface area contributed by atoms with Gasteiger partial charge in [-0.3, -0.25) is 14.4 Å². The van der Waals surface area contributed by atoms with E-state index in [0.29, 0.717) is 18.5 Å². The van der Waals surface area contributed by atoms with E-state index < -0.39 is 28.7 Å². The van der Waals surface area contributed by atoms with Gasteiger partial charge < -0.3 is 20.6 Å². The fraction of sp³-hybridized carbons (Fsp3) is 0.500. The van der Waals surface area contributed by atoms with Crippen molar-refractivity contribution in [3.8, 4) is 0 Å². The minimum atomic E-state index is -0.811. The van der Waals surface area contributed by atoms with Crippen molar-refractivity contribution < 1.29 is 19.5 Å². The van der Waals surface area contributed by atoms with Gasteiger partial charge in [0.15, 0.2) is 0 Å². The highest BCUT2D eigenvalue weighted by Crippen LogP contribution is 2.68. The van der Waals surface area contributed by atoms with Crippen LogP contribution >= 0.6 is 27.7 Å². The number of fused-ring (bicyclic) bond motifs is 1. The molecule has 0 aromatic heterocycles. The number of alkyl halides is 1. The Morgan fingerprint density at radius 2 is 1.74 bits per heavy atom. The summed E-state index contributed by atoms with van der Waals surface area (Å²) in [5.74, 6) is -1.72. The number of aliphatic hydroxyl groups is 1. The Bertz CT molecular complexity index is 1250. The summed E-state index contributed by atoms with van der Waals surface area (Å²) in [5, 5.41) is 16.5. The Labute approximate surface area is 242 Å². The Kier molecular flexibility index (Phi) is 7.87. The molecule has 3 unspecified atom stereocenters. The standard InChI is InChI=1S/C30H36BrN3O4S/c1-16(2)13-20(15-35)34-26(28(37)33-24-17(3)9-8-10-18(24)4)30-14-21(31)25(39-30)22(23(30)29(34)38)27(36)32-19-11-6-5-7-12-19/h5-12,16,20-23,25-26,35H,13-15H2,1-4H3,(H,32,36)(H,33,37)/t20-,21?,22-,23+,25-,26?,30?/m1/s1. The number of anilines is 2. The average molecular weight is 615 g/mol. The van der Waals surface area contributed by atoms with Crippen LogP contribution in [0.3, 0.4) is 0 Å². The summed E-state index contributed by atoms with van der Waals surface area (Å²) in [7, 11) is 0. The number of nitrogens with zero attached hydrogens (tertiary/aromatic N) is 1. The zero-order valence-electron chi connectivity index (χ0n) is 22.7. The van der Waals surface area contributed by atoms with Crippen molar-refractivity contribution in [3.63, 3.8) is 0 Å². The molecule has 7 nitrogen and oxygen atoms in total. The zero-order chi connectivity index (χ0) is 28.1. The molecule has 3 heterocycles. The third-order valence-corrected chi connectivity index (χ3v) is 11.6. The third-order valence-electron chi connectivity index (χ3n) is 8.40. The molecule has 5 rings (SSSR count). The predicted molar refractivity (Wildman–Crippen MR) is 159 cm³/mol. The molecule has 7 atom stereocenters. The summed E-state index contributed by atoms with van der Waals surface area (Å²) in [5.41, 5.74) is 3.30. The lowest BCUT2D eigenvalue weighted by atomic mass is 9.70. The number of thioether (sulfide) groups is 1. The highest BCUT2D eigenvalue weighted by Gasteiger charge is 2.76. The first-order chi connectivity index (χ1) is 18.6. The second-order valence-corrected chi connectivity index (χ2v) is 14.2. The van der Waals surface area contributed by atoms with Gasteiger partial charge in [0.05, 0.1) is 29.2 Å². The molecule has 0 aliphatic carbocycles. The largest absolute Gasteiger partial charge is 0.394 e. The number of rotatable bonds is 8. The van der Waals surface area contributed by atoms with Gasteiger partial charge in [0.25, 0.3) is 0 Å². The number of benzene rings is 2. The van der Waals surface area contributed by atoms with Gasteiger partial charge in [-0.1, -0.05) is 66.2 Å². The first kappa shape index (κ1) is 28.2. The molecular weight excluding hydrogens is 578 g/mol. The highest BCUT2D eigenvalue weighted by atomic mass is 79.9. The Hall–Kier alpha value is -2.36. The lowest BCUT2D eigenvalue weighted by molar-refractivity contribution is -0.141. The van der Waals surface area contributed by atoms with Gasteiger partial charge in [-0.05, 0) is 55.9 Å². The van der Waals surface area contributed by atoms with Crippen LogP contribution in [-0.2, 0) is 14.4 Å². The molecular formula is C30H36BrN3O4S. The molecule has 3 aliphatic heterocycles. The van der Waals surface area contributed by atoms with Crippen LogP contribution < -0.4 is 10.6 Å². The number of para-hydroxylation sites is 2. The number of carbonyl (C=O) groups excluding carboxylic acids is 3. The predicted octanol–water partition coefficient (Wildman–Crippen LogP) is 4.75. The van der Waals surface area contributed by atoms with Gasteiger partial charge in [0.1, 0.15) is 6.04 Å². The van der Waals surface area contributed by atoms with E-state index in [0.717, 1.165) is 16.8 Å². The summed E-state index contributed by atoms with van der Waals surface area (Å²) in [6, 6.07) is 13.8. The van der Waals surface area contributed by atoms with Gasteiger partial charge in [-0.25, -0.2) is 0 Å². The quantitative estimate of drug-likeness (QED) is 0.373. The van der Waals surface area contributed by atoms with Gasteiger partial charge in [0.2, 0.25) is 17.7 Å². The van der Waals surface area contributed by atoms with Crippen molar-refractivity contribution >= 4 is 56.8 Å². The molecule has 9 heteroatoms. The van der Waals surface area contributed by atoms with E-state index in [2.05, 4.69) is 26.6 Å². The number of aliphatic hydroxyl groups excluding tert-OH is 1. The van der Waals surface area contributed by atoms with Crippen LogP contribution in [0, 0.1) is 31.6 Å². The van der Waals surface area contributed by atoms with Crippen molar-refractivity contribution in [1.82, 2.24) is 4.90 Å². The summed E-state index contributed by atoms with van der Waals surface area (Å²) in [6.07, 6.45) is 1.15. The molecule has 208 valence electrons. The van der Waals surface area contributed by atoms with E-state index in [1.807, 2.05) is 76.2 Å². The lowest BCUT2D eigenvalue weighted by Crippen LogP contribution is -2.55. The molecule has 1 spiro atoms. The van der Waals surface area contributed by atoms with Crippen LogP contribution in [0.5, 0.6) is 0 Å². The minimum absolute atomic E-state index is 0.0220. The van der Waals surface area contributed by atoms with Crippen LogP contribution in [0.15, 0.2) is 48.5 Å². The van der Waals surface area contributed by atoms with Crippen molar-refractivity contribution in [1.29, 1.82) is 0 Å². The molecule has 3 amide bonds. The summed E-state index contributed by atoms with van der Waals surface area (Å²) in [6.45, 7) is 7.74. The first-order valence-electron chi connectivity index (χ1n) is 13.6. The number of aryl methyl sites for hydroxylation is 2. The van der Waals surface area contributed by atoms with E-state index >= 15 is 0 Å². The average Bonchev–Trinajstić information content (AvgIpc) is 3.48. The maximum absolute atomic E-state index is 14.4. The zero-order valence-corrected chi connectivity index (χ0v) is 25.1. The molecule has 0 saturated carbocycles. The summed E-state index contributed by atoms with van der Waals surface area (Å²) in [4.78, 5) is 44.0. The molecule has 2 bridgehead atoms. The van der Waals surface area contributed by atoms with Crippen LogP contribution in [0.1, 0.15) is 37.8 Å². The van der Waals surface area contributed by atoms with Crippen molar-refractivity contribution in [3.05, 3.63) is 59.7 Å². The number of nitrogens with one attached hydrogen (secondary N) is 2. The Morgan fingerprint density at radius 1 is 1.08 bits per heavy atom. The second kappa shape index (κ2) is 10.9. The van der Waals surface area contributed by atoms with Gasteiger partial charge >= 0.3 is 0 Å². The fourth-order valence-electron chi connectivity index (χ4n) is 6.83. The van der Waals surface area contributed by atoms with Crippen LogP contribution in [0.2, 0.25) is 0 Å². The van der Waals surface area contributed by atoms with Gasteiger partial charge in [-0.2, -0.15) is 0 Å². The van der Waals surface area contributed by atoms with E-state index in [9.17, 15) is 19.5 Å². The number of amides is 3. The monoisotopic (exact) mass is 613 g/mol. The first-order valence-corrected chi connectivity index (χ1v) is 15.4. The lowest BCUT2D eigenvalue weighted by Gasteiger charge is -2.38. The van der Waals surface area contributed by atoms with Crippen LogP contribution in [0.25, 0.3) is 0 Å². The smallest absolute Gasteiger partial charge is 0.248 e. The highest BCUT2D eigenvalue weighted by molar-refractivity contribution is 9.09. The van der Waals surface area contributed by atoms with Crippen LogP contribution in [-0.4, -0.2) is 61.2 Å². The SMILES string of the molecule is Cc1cccc(C)c1NC(=O)C1N([C@@H](CO)CC(C)C)C(=O)[C@@H]2[C@@H](C(=O)Nc3ccccc3)[C@@H]3SC12CC3Br. The summed E-state index contributed by atoms with van der Waals surface area (Å²) >= 11 is 5.41. The van der Waals surface area contributed by atoms with E-state index in [1.54, 1.807) is 16.7 Å². The van der Waals surface area contributed by atoms with E-state index in [4.69, 9.17) is 0 Å². The number of halogens is 1. The van der Waals surface area contributed by atoms with Crippen molar-refractivity contribution in [2.45, 2.75) is 67.4 Å². The Morgan fingerprint density at radius 3 is 2.36 bits per heavy atom. The number of carbonyl (C=O) groups is 3. The van der Waals surface area contributed by atoms with Gasteiger partial charge in [-0.15, -0.1) is 11.8 Å². The van der Waals surface area contributed by atoms with Crippen LogP contribution in [0.4, 0.5) is 11.4 Å². The molecule has 2 aromatic rings. The molecule has 39 heavy (non-hydrogen) atoms. The number of hydrogen-bond donors (Lipinski definition) is 3. The third kappa shape index (κ3) is 4.80. The normalized spacial score (nSPS) is 30.0. The van der Waals surface area contributed by atoms with E-state index in [1.165, 1.54) is 0 Å². The molecule has 3 N–H and O–H groups in total. The Balaban J connectivity index is 1.56. The number of likely N-dealkylation sites (tertiary alicyclic amines) is 1. The molecule has 0 radical (unpaired) electrons. The number of hydrogen-bond acceptors (Lipinski definition) is 5. The van der Waals surface area contributed by atoms with Crippen molar-refractivity contribution in [2.24, 2.45) is 17.8 Å². The maximum Gasteiger partial charge on any atom is 0.248 e. The molecule has 3 aliphatic rings. The molecule has 2 aromatic carbocycles. The fourth-order valence-corrected chi connectivity index (χ4v) is 10.4. The molecule has 3 saturated heterocycles. The minimum Gasteiger partial charge on any atom is -0.394 e. The topological polar surface area (TPSA) is 98.7 Å². The van der Waals surface area contributed by atoms with Crippen molar-refractivity contribution in [2.75, 3.05) is 17.2 Å². The van der Waals surface area contributed by atoms with E-state index in [-0.39, 0.29) is 40.3 Å². The molecule has 3 fully saturated rings.